The highest BCUT2D eigenvalue weighted by Gasteiger charge is 2.49. The summed E-state index contributed by atoms with van der Waals surface area (Å²) in [6.45, 7) is 3.52. The number of nitrogens with zero attached hydrogens (tertiary/aromatic N) is 3. The molecule has 1 atom stereocenters. The molecule has 4 rings (SSSR count). The molecule has 5 heteroatoms. The Labute approximate surface area is 162 Å². The van der Waals surface area contributed by atoms with E-state index in [9.17, 15) is 9.59 Å². The van der Waals surface area contributed by atoms with Gasteiger partial charge in [0.15, 0.2) is 0 Å². The summed E-state index contributed by atoms with van der Waals surface area (Å²) >= 11 is 0. The zero-order valence-corrected chi connectivity index (χ0v) is 16.4. The standard InChI is InChI=1S/C22H31N3O2/c1-23(19-9-3-2-4-10-19)16-20(26)25-14-12-22(17-25)11-6-13-24(21(22)27)15-18-7-5-8-18/h2-4,9-10,18H,5-8,11-17H2,1H3/t22-/m1/s1. The molecule has 5 nitrogen and oxygen atoms in total. The van der Waals surface area contributed by atoms with Crippen LogP contribution in [0.1, 0.15) is 38.5 Å². The predicted octanol–water partition coefficient (Wildman–Crippen LogP) is 2.76. The van der Waals surface area contributed by atoms with Gasteiger partial charge in [0, 0.05) is 38.9 Å². The van der Waals surface area contributed by atoms with Gasteiger partial charge >= 0.3 is 0 Å². The number of hydrogen-bond acceptors (Lipinski definition) is 3. The van der Waals surface area contributed by atoms with Gasteiger partial charge in [0.2, 0.25) is 11.8 Å². The lowest BCUT2D eigenvalue weighted by Gasteiger charge is -2.42. The third kappa shape index (κ3) is 3.69. The molecule has 1 aromatic rings. The second kappa shape index (κ2) is 7.53. The first-order chi connectivity index (χ1) is 13.1. The maximum Gasteiger partial charge on any atom is 0.242 e. The van der Waals surface area contributed by atoms with Crippen LogP contribution in [0.15, 0.2) is 30.3 Å². The summed E-state index contributed by atoms with van der Waals surface area (Å²) < 4.78 is 0. The number of carbonyl (C=O) groups is 2. The van der Waals surface area contributed by atoms with E-state index < -0.39 is 0 Å². The number of likely N-dealkylation sites (N-methyl/N-ethyl adjacent to an activating group) is 1. The quantitative estimate of drug-likeness (QED) is 0.802. The monoisotopic (exact) mass is 369 g/mol. The summed E-state index contributed by atoms with van der Waals surface area (Å²) in [5.41, 5.74) is 0.725. The normalized spacial score (nSPS) is 25.7. The van der Waals surface area contributed by atoms with Crippen molar-refractivity contribution in [3.63, 3.8) is 0 Å². The number of rotatable bonds is 5. The van der Waals surface area contributed by atoms with Gasteiger partial charge in [0.05, 0.1) is 12.0 Å². The molecule has 1 spiro atoms. The van der Waals surface area contributed by atoms with Crippen molar-refractivity contribution in [3.05, 3.63) is 30.3 Å². The molecular formula is C22H31N3O2. The number of hydrogen-bond donors (Lipinski definition) is 0. The summed E-state index contributed by atoms with van der Waals surface area (Å²) in [7, 11) is 1.95. The maximum atomic E-state index is 13.2. The number of piperidine rings is 1. The van der Waals surface area contributed by atoms with E-state index in [0.29, 0.717) is 31.5 Å². The number of carbonyl (C=O) groups excluding carboxylic acids is 2. The van der Waals surface area contributed by atoms with Gasteiger partial charge in [0.1, 0.15) is 0 Å². The van der Waals surface area contributed by atoms with E-state index in [2.05, 4.69) is 4.90 Å². The minimum Gasteiger partial charge on any atom is -0.365 e. The maximum absolute atomic E-state index is 13.2. The number of likely N-dealkylation sites (tertiary alicyclic amines) is 2. The number of anilines is 1. The first-order valence-electron chi connectivity index (χ1n) is 10.4. The van der Waals surface area contributed by atoms with E-state index in [1.165, 1.54) is 19.3 Å². The highest BCUT2D eigenvalue weighted by molar-refractivity contribution is 5.87. The van der Waals surface area contributed by atoms with Crippen LogP contribution < -0.4 is 4.90 Å². The smallest absolute Gasteiger partial charge is 0.242 e. The Bertz CT molecular complexity index is 688. The molecule has 2 heterocycles. The fourth-order valence-electron chi connectivity index (χ4n) is 4.85. The van der Waals surface area contributed by atoms with Crippen LogP contribution in [-0.4, -0.2) is 61.4 Å². The van der Waals surface area contributed by atoms with Crippen molar-refractivity contribution in [1.82, 2.24) is 9.80 Å². The van der Waals surface area contributed by atoms with Crippen molar-refractivity contribution in [3.8, 4) is 0 Å². The van der Waals surface area contributed by atoms with Gasteiger partial charge in [-0.05, 0) is 50.2 Å². The van der Waals surface area contributed by atoms with Crippen LogP contribution in [0.2, 0.25) is 0 Å². The minimum atomic E-state index is -0.316. The Morgan fingerprint density at radius 3 is 2.63 bits per heavy atom. The van der Waals surface area contributed by atoms with Gasteiger partial charge in [-0.15, -0.1) is 0 Å². The summed E-state index contributed by atoms with van der Waals surface area (Å²) in [6, 6.07) is 9.98. The first-order valence-corrected chi connectivity index (χ1v) is 10.4. The largest absolute Gasteiger partial charge is 0.365 e. The lowest BCUT2D eigenvalue weighted by molar-refractivity contribution is -0.147. The summed E-state index contributed by atoms with van der Waals surface area (Å²) in [6.07, 6.45) is 6.69. The van der Waals surface area contributed by atoms with Gasteiger partial charge in [-0.1, -0.05) is 24.6 Å². The van der Waals surface area contributed by atoms with Crippen LogP contribution in [0.4, 0.5) is 5.69 Å². The van der Waals surface area contributed by atoms with E-state index in [-0.39, 0.29) is 11.3 Å². The molecule has 146 valence electrons. The molecule has 2 aliphatic heterocycles. The molecule has 2 saturated heterocycles. The van der Waals surface area contributed by atoms with Crippen molar-refractivity contribution >= 4 is 17.5 Å². The Morgan fingerprint density at radius 1 is 1.15 bits per heavy atom. The van der Waals surface area contributed by atoms with Crippen LogP contribution in [0.3, 0.4) is 0 Å². The average molecular weight is 370 g/mol. The fourth-order valence-corrected chi connectivity index (χ4v) is 4.85. The summed E-state index contributed by atoms with van der Waals surface area (Å²) in [5.74, 6) is 1.15. The zero-order chi connectivity index (χ0) is 18.9. The van der Waals surface area contributed by atoms with E-state index in [4.69, 9.17) is 0 Å². The molecule has 27 heavy (non-hydrogen) atoms. The summed E-state index contributed by atoms with van der Waals surface area (Å²) in [5, 5.41) is 0. The number of para-hydroxylation sites is 1. The molecule has 0 N–H and O–H groups in total. The Kier molecular flexibility index (Phi) is 5.11. The van der Waals surface area contributed by atoms with E-state index in [0.717, 1.165) is 38.0 Å². The molecule has 1 aromatic carbocycles. The molecule has 1 aliphatic carbocycles. The summed E-state index contributed by atoms with van der Waals surface area (Å²) in [4.78, 5) is 32.1. The predicted molar refractivity (Wildman–Crippen MR) is 106 cm³/mol. The number of benzene rings is 1. The van der Waals surface area contributed by atoms with Gasteiger partial charge in [0.25, 0.3) is 0 Å². The van der Waals surface area contributed by atoms with Crippen molar-refractivity contribution in [2.24, 2.45) is 11.3 Å². The van der Waals surface area contributed by atoms with Crippen LogP contribution in [-0.2, 0) is 9.59 Å². The van der Waals surface area contributed by atoms with E-state index in [1.807, 2.05) is 47.2 Å². The van der Waals surface area contributed by atoms with Crippen molar-refractivity contribution in [2.75, 3.05) is 44.7 Å². The molecule has 0 unspecified atom stereocenters. The third-order valence-corrected chi connectivity index (χ3v) is 6.80. The van der Waals surface area contributed by atoms with Crippen LogP contribution in [0.5, 0.6) is 0 Å². The Balaban J connectivity index is 1.36. The lowest BCUT2D eigenvalue weighted by atomic mass is 9.77. The molecular weight excluding hydrogens is 338 g/mol. The second-order valence-electron chi connectivity index (χ2n) is 8.69. The lowest BCUT2D eigenvalue weighted by Crippen LogP contribution is -2.52. The van der Waals surface area contributed by atoms with Gasteiger partial charge in [-0.2, -0.15) is 0 Å². The zero-order valence-electron chi connectivity index (χ0n) is 16.4. The highest BCUT2D eigenvalue weighted by Crippen LogP contribution is 2.41. The van der Waals surface area contributed by atoms with Crippen LogP contribution in [0.25, 0.3) is 0 Å². The van der Waals surface area contributed by atoms with Crippen molar-refractivity contribution < 1.29 is 9.59 Å². The molecule has 0 bridgehead atoms. The van der Waals surface area contributed by atoms with Gasteiger partial charge in [-0.3, -0.25) is 9.59 Å². The van der Waals surface area contributed by atoms with Crippen molar-refractivity contribution in [1.29, 1.82) is 0 Å². The van der Waals surface area contributed by atoms with Crippen LogP contribution in [0, 0.1) is 11.3 Å². The highest BCUT2D eigenvalue weighted by atomic mass is 16.2. The van der Waals surface area contributed by atoms with E-state index in [1.54, 1.807) is 0 Å². The topological polar surface area (TPSA) is 43.9 Å². The SMILES string of the molecule is CN(CC(=O)N1CC[C@]2(CCCN(CC3CCC3)C2=O)C1)c1ccccc1. The molecule has 0 aromatic heterocycles. The molecule has 2 amide bonds. The average Bonchev–Trinajstić information content (AvgIpc) is 3.07. The molecule has 0 radical (unpaired) electrons. The third-order valence-electron chi connectivity index (χ3n) is 6.80. The fraction of sp³-hybridized carbons (Fsp3) is 0.636. The molecule has 1 saturated carbocycles. The minimum absolute atomic E-state index is 0.127. The van der Waals surface area contributed by atoms with Crippen molar-refractivity contribution in [2.45, 2.75) is 38.5 Å². The molecule has 3 fully saturated rings. The van der Waals surface area contributed by atoms with E-state index >= 15 is 0 Å². The Hall–Kier alpha value is -2.04. The second-order valence-corrected chi connectivity index (χ2v) is 8.69. The van der Waals surface area contributed by atoms with Gasteiger partial charge in [-0.25, -0.2) is 0 Å². The van der Waals surface area contributed by atoms with Crippen LogP contribution >= 0.6 is 0 Å². The Morgan fingerprint density at radius 2 is 1.93 bits per heavy atom. The first kappa shape index (κ1) is 18.3. The molecule has 3 aliphatic rings. The van der Waals surface area contributed by atoms with Gasteiger partial charge < -0.3 is 14.7 Å². The number of amides is 2.